The van der Waals surface area contributed by atoms with Crippen molar-refractivity contribution >= 4 is 11.7 Å². The van der Waals surface area contributed by atoms with Crippen LogP contribution in [0.3, 0.4) is 0 Å². The molecule has 0 saturated heterocycles. The zero-order valence-electron chi connectivity index (χ0n) is 19.2. The van der Waals surface area contributed by atoms with Gasteiger partial charge in [-0.15, -0.1) is 0 Å². The Morgan fingerprint density at radius 1 is 1.09 bits per heavy atom. The average molecular weight is 484 g/mol. The third kappa shape index (κ3) is 6.62. The molecule has 0 radical (unpaired) electrons. The molecule has 1 atom stereocenters. The number of nitrogens with two attached hydrogens (primary N) is 1. The number of nitrogen functional groups attached to an aromatic ring is 1. The molecule has 0 heterocycles. The molecule has 3 aromatic rings. The Bertz CT molecular complexity index is 1160. The Kier molecular flexibility index (Phi) is 8.88. The van der Waals surface area contributed by atoms with Crippen LogP contribution < -0.4 is 15.8 Å². The molecule has 184 valence electrons. The maximum atomic E-state index is 15.1. The topological polar surface area (TPSA) is 118 Å². The van der Waals surface area contributed by atoms with Crippen LogP contribution in [0.2, 0.25) is 0 Å². The Morgan fingerprint density at radius 2 is 1.77 bits per heavy atom. The summed E-state index contributed by atoms with van der Waals surface area (Å²) in [4.78, 5) is 12.8. The van der Waals surface area contributed by atoms with Crippen molar-refractivity contribution in [3.63, 3.8) is 0 Å². The van der Waals surface area contributed by atoms with Gasteiger partial charge in [-0.1, -0.05) is 36.4 Å². The molecule has 0 bridgehead atoms. The van der Waals surface area contributed by atoms with Gasteiger partial charge in [0.1, 0.15) is 29.8 Å². The number of nitrogens with one attached hydrogen (secondary N) is 2. The van der Waals surface area contributed by atoms with Gasteiger partial charge in [-0.3, -0.25) is 10.2 Å². The van der Waals surface area contributed by atoms with E-state index in [0.717, 1.165) is 17.7 Å². The molecule has 7 nitrogen and oxygen atoms in total. The number of aliphatic hydroxyl groups is 1. The van der Waals surface area contributed by atoms with Crippen LogP contribution in [-0.2, 0) is 16.1 Å². The number of carbonyl (C=O) groups excluding carboxylic acids is 1. The summed E-state index contributed by atoms with van der Waals surface area (Å²) in [6, 6.07) is 15.6. The first-order chi connectivity index (χ1) is 16.8. The van der Waals surface area contributed by atoms with Crippen LogP contribution in [0, 0.1) is 17.0 Å². The predicted octanol–water partition coefficient (Wildman–Crippen LogP) is 3.68. The van der Waals surface area contributed by atoms with Gasteiger partial charge in [0.25, 0.3) is 5.91 Å². The highest BCUT2D eigenvalue weighted by Crippen LogP contribution is 2.31. The molecule has 0 aliphatic heterocycles. The molecule has 0 aromatic heterocycles. The van der Waals surface area contributed by atoms with Crippen LogP contribution in [0.25, 0.3) is 11.1 Å². The fourth-order valence-electron chi connectivity index (χ4n) is 3.47. The number of aliphatic hydroxyl groups excluding tert-OH is 1. The molecular formula is C26H27F2N3O4. The van der Waals surface area contributed by atoms with Gasteiger partial charge in [0.15, 0.2) is 6.10 Å². The summed E-state index contributed by atoms with van der Waals surface area (Å²) < 4.78 is 41.0. The van der Waals surface area contributed by atoms with Crippen molar-refractivity contribution in [3.8, 4) is 16.9 Å². The summed E-state index contributed by atoms with van der Waals surface area (Å²) >= 11 is 0. The molecule has 1 amide bonds. The number of ether oxygens (including phenoxy) is 2. The van der Waals surface area contributed by atoms with Crippen molar-refractivity contribution in [2.45, 2.75) is 19.6 Å². The summed E-state index contributed by atoms with van der Waals surface area (Å²) in [7, 11) is 0. The number of benzene rings is 3. The lowest BCUT2D eigenvalue weighted by Gasteiger charge is -2.19. The van der Waals surface area contributed by atoms with Gasteiger partial charge in [-0.2, -0.15) is 0 Å². The number of hydrogen-bond acceptors (Lipinski definition) is 5. The molecule has 0 saturated carbocycles. The lowest BCUT2D eigenvalue weighted by Crippen LogP contribution is -2.31. The van der Waals surface area contributed by atoms with E-state index in [1.807, 2.05) is 0 Å². The molecule has 0 aliphatic carbocycles. The number of amides is 1. The third-order valence-corrected chi connectivity index (χ3v) is 5.17. The second-order valence-corrected chi connectivity index (χ2v) is 7.62. The summed E-state index contributed by atoms with van der Waals surface area (Å²) in [5, 5.41) is 19.0. The summed E-state index contributed by atoms with van der Waals surface area (Å²) in [5.41, 5.74) is 7.00. The van der Waals surface area contributed by atoms with Crippen molar-refractivity contribution in [2.24, 2.45) is 5.73 Å². The zero-order valence-corrected chi connectivity index (χ0v) is 19.2. The molecular weight excluding hydrogens is 456 g/mol. The van der Waals surface area contributed by atoms with Crippen LogP contribution in [0.4, 0.5) is 8.78 Å². The zero-order chi connectivity index (χ0) is 25.4. The van der Waals surface area contributed by atoms with E-state index in [1.54, 1.807) is 55.5 Å². The Hall–Kier alpha value is -3.82. The molecule has 3 rings (SSSR count). The van der Waals surface area contributed by atoms with E-state index < -0.39 is 29.2 Å². The smallest absolute Gasteiger partial charge is 0.254 e. The van der Waals surface area contributed by atoms with Gasteiger partial charge in [0.2, 0.25) is 0 Å². The standard InChI is InChI=1S/C26H27F2N3O4/c1-2-34-24(26(33)31-15-16-6-8-17(9-7-16)25(29)30)23-21(27)13-19(14-22(23)28)18-4-3-5-20(12-18)35-11-10-32/h3-9,12-14,24,32H,2,10-11,15H2,1H3,(H3,29,30)(H,31,33)/t24-/m0/s1. The van der Waals surface area contributed by atoms with E-state index in [-0.39, 0.29) is 37.8 Å². The van der Waals surface area contributed by atoms with E-state index in [2.05, 4.69) is 5.32 Å². The highest BCUT2D eigenvalue weighted by Gasteiger charge is 2.28. The molecule has 0 aliphatic rings. The fraction of sp³-hybridized carbons (Fsp3) is 0.231. The van der Waals surface area contributed by atoms with Crippen molar-refractivity contribution in [1.82, 2.24) is 5.32 Å². The molecule has 9 heteroatoms. The largest absolute Gasteiger partial charge is 0.491 e. The van der Waals surface area contributed by atoms with Crippen molar-refractivity contribution in [1.29, 1.82) is 5.41 Å². The minimum absolute atomic E-state index is 0.0657. The highest BCUT2D eigenvalue weighted by molar-refractivity contribution is 5.94. The summed E-state index contributed by atoms with van der Waals surface area (Å²) in [5.74, 6) is -2.14. The number of rotatable bonds is 11. The predicted molar refractivity (Wildman–Crippen MR) is 128 cm³/mol. The minimum Gasteiger partial charge on any atom is -0.491 e. The van der Waals surface area contributed by atoms with E-state index in [1.165, 1.54) is 0 Å². The quantitative estimate of drug-likeness (QED) is 0.245. The molecule has 0 unspecified atom stereocenters. The van der Waals surface area contributed by atoms with Crippen LogP contribution in [0.1, 0.15) is 29.7 Å². The third-order valence-electron chi connectivity index (χ3n) is 5.17. The maximum absolute atomic E-state index is 15.1. The van der Waals surface area contributed by atoms with Gasteiger partial charge in [0.05, 0.1) is 12.2 Å². The first-order valence-corrected chi connectivity index (χ1v) is 11.0. The Balaban J connectivity index is 1.81. The number of carbonyl (C=O) groups is 1. The molecule has 35 heavy (non-hydrogen) atoms. The lowest BCUT2D eigenvalue weighted by molar-refractivity contribution is -0.133. The molecule has 5 N–H and O–H groups in total. The molecule has 3 aromatic carbocycles. The fourth-order valence-corrected chi connectivity index (χ4v) is 3.47. The van der Waals surface area contributed by atoms with Crippen LogP contribution in [0.5, 0.6) is 5.75 Å². The van der Waals surface area contributed by atoms with E-state index in [9.17, 15) is 4.79 Å². The summed E-state index contributed by atoms with van der Waals surface area (Å²) in [6.45, 7) is 1.73. The SMILES string of the molecule is CCO[C@H](C(=O)NCc1ccc(C(=N)N)cc1)c1c(F)cc(-c2cccc(OCCO)c2)cc1F. The van der Waals surface area contributed by atoms with E-state index in [4.69, 9.17) is 25.7 Å². The van der Waals surface area contributed by atoms with Crippen LogP contribution in [-0.4, -0.2) is 36.7 Å². The second kappa shape index (κ2) is 12.0. The number of amidine groups is 1. The van der Waals surface area contributed by atoms with Gasteiger partial charge < -0.3 is 25.6 Å². The molecule has 0 fully saturated rings. The first-order valence-electron chi connectivity index (χ1n) is 11.0. The van der Waals surface area contributed by atoms with Crippen LogP contribution in [0.15, 0.2) is 60.7 Å². The summed E-state index contributed by atoms with van der Waals surface area (Å²) in [6.07, 6.45) is -1.48. The first kappa shape index (κ1) is 25.8. The van der Waals surface area contributed by atoms with Crippen molar-refractivity contribution in [2.75, 3.05) is 19.8 Å². The monoisotopic (exact) mass is 483 g/mol. The van der Waals surface area contributed by atoms with Gasteiger partial charge in [-0.25, -0.2) is 8.78 Å². The number of halogens is 2. The molecule has 0 spiro atoms. The second-order valence-electron chi connectivity index (χ2n) is 7.62. The van der Waals surface area contributed by atoms with E-state index >= 15 is 8.78 Å². The van der Waals surface area contributed by atoms with E-state index in [0.29, 0.717) is 16.9 Å². The lowest BCUT2D eigenvalue weighted by atomic mass is 9.99. The van der Waals surface area contributed by atoms with Crippen LogP contribution >= 0.6 is 0 Å². The van der Waals surface area contributed by atoms with Crippen molar-refractivity contribution < 1.29 is 28.2 Å². The van der Waals surface area contributed by atoms with Crippen molar-refractivity contribution in [3.05, 3.63) is 89.0 Å². The van der Waals surface area contributed by atoms with Gasteiger partial charge >= 0.3 is 0 Å². The number of hydrogen-bond donors (Lipinski definition) is 4. The normalized spacial score (nSPS) is 11.7. The van der Waals surface area contributed by atoms with Gasteiger partial charge in [-0.05, 0) is 47.9 Å². The highest BCUT2D eigenvalue weighted by atomic mass is 19.1. The average Bonchev–Trinajstić information content (AvgIpc) is 2.85. The maximum Gasteiger partial charge on any atom is 0.254 e. The Morgan fingerprint density at radius 3 is 2.37 bits per heavy atom. The van der Waals surface area contributed by atoms with Gasteiger partial charge in [0, 0.05) is 18.7 Å². The Labute approximate surface area is 202 Å². The minimum atomic E-state index is -1.48.